The van der Waals surface area contributed by atoms with E-state index in [0.29, 0.717) is 11.4 Å². The van der Waals surface area contributed by atoms with Crippen LogP contribution in [0.1, 0.15) is 53.6 Å². The van der Waals surface area contributed by atoms with E-state index in [-0.39, 0.29) is 24.0 Å². The molecule has 0 radical (unpaired) electrons. The lowest BCUT2D eigenvalue weighted by Gasteiger charge is -2.27. The van der Waals surface area contributed by atoms with E-state index >= 15 is 0 Å². The van der Waals surface area contributed by atoms with Crippen molar-refractivity contribution in [3.63, 3.8) is 0 Å². The molecule has 2 rings (SSSR count). The van der Waals surface area contributed by atoms with Gasteiger partial charge in [0.2, 0.25) is 5.01 Å². The van der Waals surface area contributed by atoms with Gasteiger partial charge in [0.05, 0.1) is 6.04 Å². The van der Waals surface area contributed by atoms with Crippen LogP contribution in [-0.4, -0.2) is 39.8 Å². The van der Waals surface area contributed by atoms with Crippen LogP contribution in [0.25, 0.3) is 0 Å². The maximum Gasteiger partial charge on any atom is 0.285 e. The monoisotopic (exact) mass is 333 g/mol. The summed E-state index contributed by atoms with van der Waals surface area (Å²) in [6, 6.07) is 9.54. The zero-order valence-electron chi connectivity index (χ0n) is 14.0. The van der Waals surface area contributed by atoms with E-state index in [4.69, 9.17) is 0 Å². The average Bonchev–Trinajstić information content (AvgIpc) is 3.02. The average molecular weight is 333 g/mol. The number of hydrogen-bond donors (Lipinski definition) is 1. The standard InChI is InChI=1S/C17H23N3O2S/c1-17(2,3)16-19-18-14(23-16)15(22)20(4)13(10-11-21)12-8-6-5-7-9-12/h5-9,13,21H,10-11H2,1-4H3/t13-/m0/s1. The van der Waals surface area contributed by atoms with Crippen molar-refractivity contribution in [3.05, 3.63) is 45.9 Å². The minimum atomic E-state index is -0.185. The second-order valence-corrected chi connectivity index (χ2v) is 7.49. The molecule has 1 N–H and O–H groups in total. The van der Waals surface area contributed by atoms with Crippen LogP contribution in [0.15, 0.2) is 30.3 Å². The minimum Gasteiger partial charge on any atom is -0.396 e. The molecule has 0 unspecified atom stereocenters. The summed E-state index contributed by atoms with van der Waals surface area (Å²) in [6.45, 7) is 6.15. The van der Waals surface area contributed by atoms with Crippen molar-refractivity contribution < 1.29 is 9.90 Å². The molecular weight excluding hydrogens is 310 g/mol. The Labute approximate surface area is 141 Å². The molecule has 0 fully saturated rings. The molecular formula is C17H23N3O2S. The Morgan fingerprint density at radius 3 is 2.43 bits per heavy atom. The van der Waals surface area contributed by atoms with Gasteiger partial charge < -0.3 is 10.0 Å². The Bertz CT molecular complexity index is 649. The van der Waals surface area contributed by atoms with E-state index in [9.17, 15) is 9.90 Å². The van der Waals surface area contributed by atoms with Crippen molar-refractivity contribution >= 4 is 17.2 Å². The molecule has 1 atom stereocenters. The normalized spacial score (nSPS) is 12.9. The van der Waals surface area contributed by atoms with Crippen LogP contribution < -0.4 is 0 Å². The molecule has 124 valence electrons. The van der Waals surface area contributed by atoms with Gasteiger partial charge in [0.1, 0.15) is 5.01 Å². The topological polar surface area (TPSA) is 66.3 Å². The van der Waals surface area contributed by atoms with Gasteiger partial charge >= 0.3 is 0 Å². The predicted octanol–water partition coefficient (Wildman–Crippen LogP) is 3.03. The van der Waals surface area contributed by atoms with Gasteiger partial charge in [0.15, 0.2) is 0 Å². The number of aromatic nitrogens is 2. The van der Waals surface area contributed by atoms with Crippen LogP contribution in [-0.2, 0) is 5.41 Å². The van der Waals surface area contributed by atoms with E-state index in [1.165, 1.54) is 11.3 Å². The molecule has 23 heavy (non-hydrogen) atoms. The summed E-state index contributed by atoms with van der Waals surface area (Å²) in [5, 5.41) is 18.8. The fraction of sp³-hybridized carbons (Fsp3) is 0.471. The molecule has 0 spiro atoms. The predicted molar refractivity (Wildman–Crippen MR) is 91.6 cm³/mol. The van der Waals surface area contributed by atoms with Crippen LogP contribution in [0.2, 0.25) is 0 Å². The second kappa shape index (κ2) is 7.19. The van der Waals surface area contributed by atoms with Crippen LogP contribution in [0.3, 0.4) is 0 Å². The lowest BCUT2D eigenvalue weighted by molar-refractivity contribution is 0.0704. The van der Waals surface area contributed by atoms with Crippen molar-refractivity contribution in [1.29, 1.82) is 0 Å². The molecule has 5 nitrogen and oxygen atoms in total. The second-order valence-electron chi connectivity index (χ2n) is 6.52. The van der Waals surface area contributed by atoms with Gasteiger partial charge in [-0.3, -0.25) is 4.79 Å². The molecule has 0 aliphatic heterocycles. The fourth-order valence-corrected chi connectivity index (χ4v) is 3.17. The first kappa shape index (κ1) is 17.6. The van der Waals surface area contributed by atoms with Crippen molar-refractivity contribution in [1.82, 2.24) is 15.1 Å². The van der Waals surface area contributed by atoms with Crippen LogP contribution in [0.4, 0.5) is 0 Å². The largest absolute Gasteiger partial charge is 0.396 e. The summed E-state index contributed by atoms with van der Waals surface area (Å²) in [5.41, 5.74) is 0.872. The number of aliphatic hydroxyl groups excluding tert-OH is 1. The molecule has 0 saturated heterocycles. The van der Waals surface area contributed by atoms with Crippen LogP contribution in [0, 0.1) is 0 Å². The number of aliphatic hydroxyl groups is 1. The van der Waals surface area contributed by atoms with Gasteiger partial charge in [0.25, 0.3) is 5.91 Å². The van der Waals surface area contributed by atoms with Crippen molar-refractivity contribution in [2.24, 2.45) is 0 Å². The van der Waals surface area contributed by atoms with Gasteiger partial charge in [-0.2, -0.15) is 0 Å². The highest BCUT2D eigenvalue weighted by Crippen LogP contribution is 2.28. The molecule has 0 saturated carbocycles. The molecule has 0 aliphatic rings. The third kappa shape index (κ3) is 4.14. The zero-order valence-corrected chi connectivity index (χ0v) is 14.8. The molecule has 1 aromatic heterocycles. The number of hydrogen-bond acceptors (Lipinski definition) is 5. The van der Waals surface area contributed by atoms with Gasteiger partial charge in [0, 0.05) is 19.1 Å². The summed E-state index contributed by atoms with van der Waals surface area (Å²) in [7, 11) is 1.74. The van der Waals surface area contributed by atoms with E-state index in [0.717, 1.165) is 10.6 Å². The van der Waals surface area contributed by atoms with Gasteiger partial charge in [-0.1, -0.05) is 62.4 Å². The summed E-state index contributed by atoms with van der Waals surface area (Å²) in [5.74, 6) is -0.166. The summed E-state index contributed by atoms with van der Waals surface area (Å²) in [6.07, 6.45) is 0.483. The van der Waals surface area contributed by atoms with Gasteiger partial charge in [-0.25, -0.2) is 0 Å². The first-order chi connectivity index (χ1) is 10.8. The summed E-state index contributed by atoms with van der Waals surface area (Å²) in [4.78, 5) is 14.4. The molecule has 1 amide bonds. The SMILES string of the molecule is CN(C(=O)c1nnc(C(C)(C)C)s1)[C@@H](CCO)c1ccccc1. The maximum absolute atomic E-state index is 12.7. The summed E-state index contributed by atoms with van der Waals surface area (Å²) < 4.78 is 0. The molecule has 0 aliphatic carbocycles. The highest BCUT2D eigenvalue weighted by Gasteiger charge is 2.27. The molecule has 1 heterocycles. The van der Waals surface area contributed by atoms with Gasteiger partial charge in [-0.15, -0.1) is 10.2 Å². The van der Waals surface area contributed by atoms with E-state index in [2.05, 4.69) is 10.2 Å². The zero-order chi connectivity index (χ0) is 17.0. The Hall–Kier alpha value is -1.79. The number of benzene rings is 1. The maximum atomic E-state index is 12.7. The number of carbonyl (C=O) groups excluding carboxylic acids is 1. The van der Waals surface area contributed by atoms with E-state index in [1.807, 2.05) is 51.1 Å². The van der Waals surface area contributed by atoms with Crippen molar-refractivity contribution in [2.45, 2.75) is 38.6 Å². The molecule has 6 heteroatoms. The molecule has 0 bridgehead atoms. The third-order valence-electron chi connectivity index (χ3n) is 3.62. The Morgan fingerprint density at radius 2 is 1.91 bits per heavy atom. The highest BCUT2D eigenvalue weighted by atomic mass is 32.1. The lowest BCUT2D eigenvalue weighted by atomic mass is 9.98. The van der Waals surface area contributed by atoms with Crippen molar-refractivity contribution in [2.75, 3.05) is 13.7 Å². The Balaban J connectivity index is 2.24. The number of carbonyl (C=O) groups is 1. The molecule has 2 aromatic rings. The van der Waals surface area contributed by atoms with E-state index < -0.39 is 0 Å². The van der Waals surface area contributed by atoms with Crippen LogP contribution >= 0.6 is 11.3 Å². The first-order valence-corrected chi connectivity index (χ1v) is 8.43. The summed E-state index contributed by atoms with van der Waals surface area (Å²) >= 11 is 1.33. The smallest absolute Gasteiger partial charge is 0.285 e. The van der Waals surface area contributed by atoms with E-state index in [1.54, 1.807) is 11.9 Å². The number of nitrogens with zero attached hydrogens (tertiary/aromatic N) is 3. The van der Waals surface area contributed by atoms with Crippen molar-refractivity contribution in [3.8, 4) is 0 Å². The fourth-order valence-electron chi connectivity index (χ4n) is 2.29. The lowest BCUT2D eigenvalue weighted by Crippen LogP contribution is -2.31. The quantitative estimate of drug-likeness (QED) is 0.913. The highest BCUT2D eigenvalue weighted by molar-refractivity contribution is 7.13. The molecule has 1 aromatic carbocycles. The number of amides is 1. The third-order valence-corrected chi connectivity index (χ3v) is 4.96. The minimum absolute atomic E-state index is 0.0144. The van der Waals surface area contributed by atoms with Crippen LogP contribution in [0.5, 0.6) is 0 Å². The van der Waals surface area contributed by atoms with Gasteiger partial charge in [-0.05, 0) is 12.0 Å². The Kier molecular flexibility index (Phi) is 5.49. The number of rotatable bonds is 5. The first-order valence-electron chi connectivity index (χ1n) is 7.61. The Morgan fingerprint density at radius 1 is 1.26 bits per heavy atom.